The van der Waals surface area contributed by atoms with Crippen LogP contribution in [-0.4, -0.2) is 59.1 Å². The van der Waals surface area contributed by atoms with Crippen molar-refractivity contribution in [3.8, 4) is 23.7 Å². The van der Waals surface area contributed by atoms with E-state index in [9.17, 15) is 28.8 Å². The maximum atomic E-state index is 11.9. The molecule has 0 saturated carbocycles. The summed E-state index contributed by atoms with van der Waals surface area (Å²) in [7, 11) is 1.91. The molecule has 0 bridgehead atoms. The summed E-state index contributed by atoms with van der Waals surface area (Å²) in [5, 5.41) is 0. The molecule has 0 aliphatic rings. The van der Waals surface area contributed by atoms with Crippen LogP contribution in [0.1, 0.15) is 472 Å². The number of esters is 1. The van der Waals surface area contributed by atoms with Crippen molar-refractivity contribution in [1.29, 1.82) is 0 Å². The summed E-state index contributed by atoms with van der Waals surface area (Å²) in [6.07, 6.45) is 27.6. The highest BCUT2D eigenvalue weighted by Crippen LogP contribution is 2.42. The smallest absolute Gasteiger partial charge is 0.306 e. The highest BCUT2D eigenvalue weighted by molar-refractivity contribution is 5.85. The molecular weight excluding hydrogens is 1290 g/mol. The third-order valence-electron chi connectivity index (χ3n) is 17.6. The Morgan fingerprint density at radius 1 is 0.286 bits per heavy atom. The fourth-order valence-corrected chi connectivity index (χ4v) is 9.44. The first-order chi connectivity index (χ1) is 46.1. The second kappa shape index (κ2) is 51.3. The lowest BCUT2D eigenvalue weighted by molar-refractivity contribution is -0.155. The molecule has 0 unspecified atom stereocenters. The van der Waals surface area contributed by atoms with Gasteiger partial charge in [-0.2, -0.15) is 0 Å². The van der Waals surface area contributed by atoms with E-state index in [0.717, 1.165) is 77.2 Å². The quantitative estimate of drug-likeness (QED) is 0.0457. The number of carbonyl (C=O) groups excluding carboxylic acids is 6. The Labute approximate surface area is 660 Å². The van der Waals surface area contributed by atoms with E-state index in [4.69, 9.17) is 4.74 Å². The predicted octanol–water partition coefficient (Wildman–Crippen LogP) is 29.8. The summed E-state index contributed by atoms with van der Waals surface area (Å²) < 4.78 is 5.23. The van der Waals surface area contributed by atoms with Crippen molar-refractivity contribution in [3.63, 3.8) is 0 Å². The molecule has 105 heavy (non-hydrogen) atoms. The van der Waals surface area contributed by atoms with Crippen LogP contribution in [-0.2, 0) is 33.5 Å². The van der Waals surface area contributed by atoms with Gasteiger partial charge >= 0.3 is 5.97 Å². The number of Topliss-reactive ketones (excluding diaryl/α,β-unsaturated/α-hetero) is 4. The van der Waals surface area contributed by atoms with Crippen molar-refractivity contribution >= 4 is 35.0 Å². The van der Waals surface area contributed by atoms with Gasteiger partial charge in [-0.3, -0.25) is 28.8 Å². The van der Waals surface area contributed by atoms with Gasteiger partial charge in [0, 0.05) is 96.4 Å². The summed E-state index contributed by atoms with van der Waals surface area (Å²) in [5.41, 5.74) is 1.58. The first-order valence-electron chi connectivity index (χ1n) is 41.7. The summed E-state index contributed by atoms with van der Waals surface area (Å²) in [5.74, 6) is 14.5. The summed E-state index contributed by atoms with van der Waals surface area (Å²) in [6.45, 7) is 94.4. The molecule has 0 spiro atoms. The highest BCUT2D eigenvalue weighted by atomic mass is 16.6. The minimum Gasteiger partial charge on any atom is -0.460 e. The van der Waals surface area contributed by atoms with E-state index in [1.807, 2.05) is 137 Å². The topological polar surface area (TPSA) is 115 Å². The molecule has 0 aromatic rings. The molecule has 624 valence electrons. The third-order valence-corrected chi connectivity index (χ3v) is 17.6. The number of unbranched alkanes of at least 4 members (excludes halogenated alkanes) is 10. The van der Waals surface area contributed by atoms with Gasteiger partial charge in [0.2, 0.25) is 5.91 Å². The summed E-state index contributed by atoms with van der Waals surface area (Å²) >= 11 is 0. The summed E-state index contributed by atoms with van der Waals surface area (Å²) in [4.78, 5) is 71.6. The molecule has 0 aliphatic carbocycles. The van der Waals surface area contributed by atoms with E-state index in [1.165, 1.54) is 77.0 Å². The molecule has 8 heteroatoms. The second-order valence-corrected chi connectivity index (χ2v) is 46.7. The molecule has 1 amide bonds. The molecule has 0 atom stereocenters. The Morgan fingerprint density at radius 2 is 0.562 bits per heavy atom. The maximum absolute atomic E-state index is 11.9. The lowest BCUT2D eigenvalue weighted by Crippen LogP contribution is -2.37. The van der Waals surface area contributed by atoms with E-state index >= 15 is 0 Å². The van der Waals surface area contributed by atoms with Gasteiger partial charge in [0.25, 0.3) is 0 Å². The molecule has 0 rings (SSSR count). The van der Waals surface area contributed by atoms with Crippen molar-refractivity contribution in [2.45, 2.75) is 477 Å². The van der Waals surface area contributed by atoms with Gasteiger partial charge in [-0.25, -0.2) is 0 Å². The number of hydrogen-bond acceptors (Lipinski definition) is 7. The fraction of sp³-hybridized carbons (Fsp3) is 0.897. The molecule has 0 radical (unpaired) electrons. The average Bonchev–Trinajstić information content (AvgIpc) is 0.830. The first kappa shape index (κ1) is 115. The van der Waals surface area contributed by atoms with Crippen LogP contribution >= 0.6 is 0 Å². The van der Waals surface area contributed by atoms with Crippen LogP contribution in [0.25, 0.3) is 0 Å². The number of carbonyl (C=O) groups is 6. The van der Waals surface area contributed by atoms with Crippen molar-refractivity contribution < 1.29 is 33.5 Å². The zero-order valence-electron chi connectivity index (χ0n) is 79.9. The van der Waals surface area contributed by atoms with Crippen LogP contribution in [0.15, 0.2) is 0 Å². The number of hydrogen-bond donors (Lipinski definition) is 0. The second-order valence-electron chi connectivity index (χ2n) is 46.7. The molecule has 0 heterocycles. The zero-order valence-corrected chi connectivity index (χ0v) is 79.9. The first-order valence-corrected chi connectivity index (χ1v) is 41.7. The molecular formula is C97H189NO7. The average molecular weight is 1480 g/mol. The SMILES string of the molecule is CC(C)(C)C#CCCCC(=O)C(C)(C)C.CC(C)(C)C#CCCCC(C)(C)C.CC(C)(C)C(=O)CCCCCCC(C)(C)C(C)(C)C.CC(C)(C)CC(=O)C(C)(C)C.CC(C)(C)CCCCC(=O)OC(C)(C)C.CC(C)(C)CCCCCC(=O)C(C)(C)C.CN(CCCCCC(C)(C)C)C(=O)C(C)(C)C. The van der Waals surface area contributed by atoms with E-state index in [1.54, 1.807) is 0 Å². The van der Waals surface area contributed by atoms with Crippen LogP contribution in [0.5, 0.6) is 0 Å². The van der Waals surface area contributed by atoms with Crippen LogP contribution < -0.4 is 0 Å². The van der Waals surface area contributed by atoms with Crippen molar-refractivity contribution in [3.05, 3.63) is 0 Å². The van der Waals surface area contributed by atoms with Gasteiger partial charge in [-0.05, 0) is 171 Å². The number of ether oxygens (including phenoxy) is 1. The van der Waals surface area contributed by atoms with Gasteiger partial charge in [0.05, 0.1) is 0 Å². The van der Waals surface area contributed by atoms with Crippen LogP contribution in [0.2, 0.25) is 0 Å². The highest BCUT2D eigenvalue weighted by Gasteiger charge is 2.32. The Bertz CT molecular complexity index is 2460. The normalized spacial score (nSPS) is 12.8. The van der Waals surface area contributed by atoms with Gasteiger partial charge in [0.15, 0.2) is 0 Å². The molecule has 0 N–H and O–H groups in total. The van der Waals surface area contributed by atoms with E-state index in [2.05, 4.69) is 204 Å². The molecule has 8 nitrogen and oxygen atoms in total. The van der Waals surface area contributed by atoms with Crippen LogP contribution in [0.4, 0.5) is 0 Å². The minimum atomic E-state index is -0.346. The Hall–Kier alpha value is -3.26. The van der Waals surface area contributed by atoms with E-state index in [-0.39, 0.29) is 60.8 Å². The predicted molar refractivity (Wildman–Crippen MR) is 466 cm³/mol. The molecule has 0 aromatic carbocycles. The van der Waals surface area contributed by atoms with Crippen LogP contribution in [0, 0.1) is 99.5 Å². The zero-order chi connectivity index (χ0) is 85.2. The number of amides is 1. The van der Waals surface area contributed by atoms with Gasteiger partial charge in [0.1, 0.15) is 28.7 Å². The lowest BCUT2D eigenvalue weighted by atomic mass is 9.67. The van der Waals surface area contributed by atoms with Gasteiger partial charge in [-0.1, -0.05) is 306 Å². The van der Waals surface area contributed by atoms with E-state index in [0.29, 0.717) is 74.9 Å². The largest absolute Gasteiger partial charge is 0.460 e. The van der Waals surface area contributed by atoms with Gasteiger partial charge in [-0.15, -0.1) is 11.8 Å². The monoisotopic (exact) mass is 1480 g/mol. The lowest BCUT2D eigenvalue weighted by Gasteiger charge is -2.39. The van der Waals surface area contributed by atoms with Crippen molar-refractivity contribution in [2.75, 3.05) is 13.6 Å². The molecule has 0 fully saturated rings. The third kappa shape index (κ3) is 89.5. The van der Waals surface area contributed by atoms with Crippen molar-refractivity contribution in [1.82, 2.24) is 4.90 Å². The van der Waals surface area contributed by atoms with Crippen LogP contribution in [0.3, 0.4) is 0 Å². The van der Waals surface area contributed by atoms with Crippen molar-refractivity contribution in [2.24, 2.45) is 75.8 Å². The fourth-order valence-electron chi connectivity index (χ4n) is 9.44. The summed E-state index contributed by atoms with van der Waals surface area (Å²) in [6, 6.07) is 0. The van der Waals surface area contributed by atoms with Gasteiger partial charge < -0.3 is 9.64 Å². The minimum absolute atomic E-state index is 0.0728. The molecule has 0 aromatic heterocycles. The number of ketones is 4. The number of rotatable bonds is 27. The van der Waals surface area contributed by atoms with E-state index < -0.39 is 0 Å². The Morgan fingerprint density at radius 3 is 0.848 bits per heavy atom. The Balaban J connectivity index is -0.000000215. The standard InChI is InChI=1S/C18H36O.C15H31NO.C14H28O.C14H24O.C13H26O2.C13H24.C10H20O/c1-16(2,3)15(19)13-11-9-10-12-14-18(7,8)17(4,5)6;1-14(2,3)11-9-8-10-12-16(7)13(17)15(4,5)6;2*1-13(2,3)11-9-7-8-10-12(15)14(4,5)6;1-12(2,3)10-8-7-9-11(14)15-13(4,5)6;1-12(2,3)10-8-7-9-11-13(4,5)6;1-9(2,3)7-8(11)10(4,5)6/h9-14H2,1-8H3;8-12H2,1-7H3;7-11H2,1-6H3;7-8,10H2,1-6H3;7-10H2,1-6H3;7-8,10H2,1-6H3;7H2,1-6H3. The molecule has 0 saturated heterocycles. The number of nitrogens with zero attached hydrogens (tertiary/aromatic N) is 1. The molecule has 0 aliphatic heterocycles. The maximum Gasteiger partial charge on any atom is 0.306 e. The Kier molecular flexibility index (Phi) is 56.2.